The van der Waals surface area contributed by atoms with E-state index < -0.39 is 16.7 Å². The fourth-order valence-corrected chi connectivity index (χ4v) is 2.58. The lowest BCUT2D eigenvalue weighted by molar-refractivity contribution is -0.384. The van der Waals surface area contributed by atoms with Crippen LogP contribution < -0.4 is 5.32 Å². The average Bonchev–Trinajstić information content (AvgIpc) is 2.61. The van der Waals surface area contributed by atoms with Crippen molar-refractivity contribution in [2.75, 3.05) is 18.2 Å². The van der Waals surface area contributed by atoms with E-state index in [0.29, 0.717) is 4.90 Å². The molecule has 0 aliphatic rings. The first kappa shape index (κ1) is 18.4. The number of hydrogen-bond acceptors (Lipinski definition) is 6. The zero-order valence-electron chi connectivity index (χ0n) is 13.0. The molecule has 130 valence electrons. The Morgan fingerprint density at radius 3 is 2.52 bits per heavy atom. The van der Waals surface area contributed by atoms with Gasteiger partial charge in [-0.1, -0.05) is 0 Å². The van der Waals surface area contributed by atoms with Crippen molar-refractivity contribution in [3.63, 3.8) is 0 Å². The minimum atomic E-state index is -0.839. The summed E-state index contributed by atoms with van der Waals surface area (Å²) in [5, 5.41) is 13.1. The first-order valence-corrected chi connectivity index (χ1v) is 7.94. The van der Waals surface area contributed by atoms with Gasteiger partial charge in [0.2, 0.25) is 5.91 Å². The van der Waals surface area contributed by atoms with Gasteiger partial charge in [-0.3, -0.25) is 14.9 Å². The highest BCUT2D eigenvalue weighted by atomic mass is 32.2. The van der Waals surface area contributed by atoms with Crippen LogP contribution in [-0.2, 0) is 9.53 Å². The molecule has 2 rings (SSSR count). The fourth-order valence-electron chi connectivity index (χ4n) is 1.88. The number of halogens is 1. The number of non-ortho nitro benzene ring substituents is 1. The maximum Gasteiger partial charge on any atom is 0.340 e. The number of hydrogen-bond donors (Lipinski definition) is 1. The van der Waals surface area contributed by atoms with E-state index in [0.717, 1.165) is 13.2 Å². The number of carbonyl (C=O) groups excluding carboxylic acids is 2. The van der Waals surface area contributed by atoms with E-state index in [1.807, 2.05) is 0 Å². The van der Waals surface area contributed by atoms with Crippen LogP contribution in [0, 0.1) is 15.9 Å². The predicted molar refractivity (Wildman–Crippen MR) is 90.2 cm³/mol. The van der Waals surface area contributed by atoms with Crippen LogP contribution in [0.3, 0.4) is 0 Å². The Morgan fingerprint density at radius 2 is 1.92 bits per heavy atom. The molecular weight excluding hydrogens is 351 g/mol. The molecule has 0 spiro atoms. The number of ether oxygens (including phenoxy) is 1. The third kappa shape index (κ3) is 5.01. The molecule has 0 atom stereocenters. The monoisotopic (exact) mass is 364 g/mol. The molecule has 0 heterocycles. The van der Waals surface area contributed by atoms with E-state index in [-0.39, 0.29) is 28.6 Å². The Balaban J connectivity index is 1.96. The van der Waals surface area contributed by atoms with Crippen LogP contribution in [0.5, 0.6) is 0 Å². The Kier molecular flexibility index (Phi) is 6.07. The third-order valence-electron chi connectivity index (χ3n) is 3.07. The third-order valence-corrected chi connectivity index (χ3v) is 4.08. The molecule has 1 amide bonds. The topological polar surface area (TPSA) is 98.5 Å². The van der Waals surface area contributed by atoms with Crippen LogP contribution in [-0.4, -0.2) is 29.7 Å². The zero-order chi connectivity index (χ0) is 18.4. The van der Waals surface area contributed by atoms with Crippen molar-refractivity contribution in [1.82, 2.24) is 0 Å². The molecule has 0 unspecified atom stereocenters. The number of nitro benzene ring substituents is 1. The molecule has 0 saturated carbocycles. The smallest absolute Gasteiger partial charge is 0.340 e. The van der Waals surface area contributed by atoms with E-state index in [2.05, 4.69) is 10.1 Å². The molecule has 9 heteroatoms. The molecule has 2 aromatic carbocycles. The van der Waals surface area contributed by atoms with Gasteiger partial charge in [0.05, 0.1) is 23.3 Å². The molecule has 7 nitrogen and oxygen atoms in total. The van der Waals surface area contributed by atoms with Crippen molar-refractivity contribution in [1.29, 1.82) is 0 Å². The first-order chi connectivity index (χ1) is 11.9. The predicted octanol–water partition coefficient (Wildman–Crippen LogP) is 3.25. The van der Waals surface area contributed by atoms with Crippen molar-refractivity contribution in [3.05, 3.63) is 64.0 Å². The highest BCUT2D eigenvalue weighted by Gasteiger charge is 2.14. The van der Waals surface area contributed by atoms with Gasteiger partial charge in [-0.2, -0.15) is 0 Å². The highest BCUT2D eigenvalue weighted by molar-refractivity contribution is 8.00. The minimum absolute atomic E-state index is 0.0320. The van der Waals surface area contributed by atoms with E-state index >= 15 is 0 Å². The van der Waals surface area contributed by atoms with Crippen LogP contribution in [0.2, 0.25) is 0 Å². The number of esters is 1. The summed E-state index contributed by atoms with van der Waals surface area (Å²) in [6.45, 7) is 0. The molecule has 0 aromatic heterocycles. The molecule has 0 bridgehead atoms. The van der Waals surface area contributed by atoms with Gasteiger partial charge in [0.15, 0.2) is 0 Å². The van der Waals surface area contributed by atoms with Gasteiger partial charge < -0.3 is 10.1 Å². The first-order valence-electron chi connectivity index (χ1n) is 6.95. The molecule has 0 radical (unpaired) electrons. The van der Waals surface area contributed by atoms with Gasteiger partial charge in [0, 0.05) is 22.7 Å². The standard InChI is InChI=1S/C16H13FN2O5S/c1-24-16(21)13-8-10(2-7-14(13)17)18-15(20)9-25-12-5-3-11(4-6-12)19(22)23/h2-8H,9H2,1H3,(H,18,20). The van der Waals surface area contributed by atoms with Crippen LogP contribution in [0.1, 0.15) is 10.4 Å². The summed E-state index contributed by atoms with van der Waals surface area (Å²) < 4.78 is 18.0. The molecule has 0 saturated heterocycles. The number of benzene rings is 2. The van der Waals surface area contributed by atoms with Crippen LogP contribution in [0.15, 0.2) is 47.4 Å². The molecule has 2 aromatic rings. The van der Waals surface area contributed by atoms with E-state index in [4.69, 9.17) is 0 Å². The summed E-state index contributed by atoms with van der Waals surface area (Å²) in [6.07, 6.45) is 0. The summed E-state index contributed by atoms with van der Waals surface area (Å²) in [5.41, 5.74) is -0.0464. The Bertz CT molecular complexity index is 811. The van der Waals surface area contributed by atoms with Crippen molar-refractivity contribution < 1.29 is 23.6 Å². The number of amides is 1. The highest BCUT2D eigenvalue weighted by Crippen LogP contribution is 2.22. The van der Waals surface area contributed by atoms with Gasteiger partial charge >= 0.3 is 5.97 Å². The maximum absolute atomic E-state index is 13.5. The number of nitro groups is 1. The number of rotatable bonds is 6. The number of nitrogens with one attached hydrogen (secondary N) is 1. The van der Waals surface area contributed by atoms with Crippen LogP contribution >= 0.6 is 11.8 Å². The summed E-state index contributed by atoms with van der Waals surface area (Å²) >= 11 is 1.19. The van der Waals surface area contributed by atoms with Crippen molar-refractivity contribution in [2.45, 2.75) is 4.90 Å². The molecule has 1 N–H and O–H groups in total. The summed E-state index contributed by atoms with van der Waals surface area (Å²) in [7, 11) is 1.13. The largest absolute Gasteiger partial charge is 0.465 e. The normalized spacial score (nSPS) is 10.2. The Labute approximate surface area is 146 Å². The molecule has 0 fully saturated rings. The van der Waals surface area contributed by atoms with Gasteiger partial charge in [-0.15, -0.1) is 11.8 Å². The summed E-state index contributed by atoms with van der Waals surface area (Å²) in [5.74, 6) is -1.91. The number of thioether (sulfide) groups is 1. The van der Waals surface area contributed by atoms with Crippen molar-refractivity contribution in [3.8, 4) is 0 Å². The van der Waals surface area contributed by atoms with Gasteiger partial charge in [-0.05, 0) is 30.3 Å². The van der Waals surface area contributed by atoms with Crippen LogP contribution in [0.4, 0.5) is 15.8 Å². The quantitative estimate of drug-likeness (QED) is 0.366. The minimum Gasteiger partial charge on any atom is -0.465 e. The van der Waals surface area contributed by atoms with E-state index in [1.54, 1.807) is 12.1 Å². The second-order valence-corrected chi connectivity index (χ2v) is 5.82. The van der Waals surface area contributed by atoms with E-state index in [1.165, 1.54) is 36.0 Å². The average molecular weight is 364 g/mol. The van der Waals surface area contributed by atoms with Crippen molar-refractivity contribution in [2.24, 2.45) is 0 Å². The van der Waals surface area contributed by atoms with E-state index in [9.17, 15) is 24.1 Å². The Hall–Kier alpha value is -2.94. The number of nitrogens with zero attached hydrogens (tertiary/aromatic N) is 1. The van der Waals surface area contributed by atoms with Gasteiger partial charge in [0.25, 0.3) is 5.69 Å². The Morgan fingerprint density at radius 1 is 1.24 bits per heavy atom. The molecule has 0 aliphatic carbocycles. The number of methoxy groups -OCH3 is 1. The molecule has 25 heavy (non-hydrogen) atoms. The molecule has 0 aliphatic heterocycles. The summed E-state index contributed by atoms with van der Waals surface area (Å²) in [6, 6.07) is 9.37. The lowest BCUT2D eigenvalue weighted by atomic mass is 10.2. The second kappa shape index (κ2) is 8.25. The second-order valence-electron chi connectivity index (χ2n) is 4.77. The van der Waals surface area contributed by atoms with Gasteiger partial charge in [0.1, 0.15) is 5.82 Å². The maximum atomic E-state index is 13.5. The number of carbonyl (C=O) groups is 2. The zero-order valence-corrected chi connectivity index (χ0v) is 13.8. The SMILES string of the molecule is COC(=O)c1cc(NC(=O)CSc2ccc([N+](=O)[O-])cc2)ccc1F. The lowest BCUT2D eigenvalue weighted by Gasteiger charge is -2.07. The van der Waals surface area contributed by atoms with Crippen LogP contribution in [0.25, 0.3) is 0 Å². The fraction of sp³-hybridized carbons (Fsp3) is 0.125. The van der Waals surface area contributed by atoms with Crippen molar-refractivity contribution >= 4 is 35.0 Å². The molecular formula is C16H13FN2O5S. The lowest BCUT2D eigenvalue weighted by Crippen LogP contribution is -2.15. The van der Waals surface area contributed by atoms with Gasteiger partial charge in [-0.25, -0.2) is 9.18 Å². The summed E-state index contributed by atoms with van der Waals surface area (Å²) in [4.78, 5) is 34.1. The number of anilines is 1.